The van der Waals surface area contributed by atoms with Gasteiger partial charge in [-0.25, -0.2) is 12.8 Å². The normalized spacial score (nSPS) is 12.0. The average Bonchev–Trinajstić information content (AvgIpc) is 2.33. The van der Waals surface area contributed by atoms with Crippen LogP contribution in [0.4, 0.5) is 10.1 Å². The van der Waals surface area contributed by atoms with E-state index >= 15 is 0 Å². The van der Waals surface area contributed by atoms with E-state index in [0.29, 0.717) is 6.42 Å². The van der Waals surface area contributed by atoms with Gasteiger partial charge in [-0.3, -0.25) is 0 Å². The first-order valence-electron chi connectivity index (χ1n) is 6.10. The van der Waals surface area contributed by atoms with Crippen LogP contribution in [0.1, 0.15) is 19.8 Å². The number of hydrogen-bond donors (Lipinski definition) is 2. The van der Waals surface area contributed by atoms with Gasteiger partial charge in [-0.05, 0) is 18.6 Å². The maximum absolute atomic E-state index is 13.7. The van der Waals surface area contributed by atoms with Crippen molar-refractivity contribution in [3.63, 3.8) is 0 Å². The van der Waals surface area contributed by atoms with Crippen molar-refractivity contribution in [3.05, 3.63) is 24.0 Å². The van der Waals surface area contributed by atoms with Gasteiger partial charge in [-0.2, -0.15) is 4.31 Å². The number of nitrogens with two attached hydrogens (primary N) is 1. The number of hydrogen-bond acceptors (Lipinski definition) is 4. The molecule has 0 saturated carbocycles. The van der Waals surface area contributed by atoms with E-state index in [1.54, 1.807) is 0 Å². The van der Waals surface area contributed by atoms with E-state index in [-0.39, 0.29) is 25.4 Å². The predicted octanol–water partition coefficient (Wildman–Crippen LogP) is 1.19. The minimum Gasteiger partial charge on any atom is -0.398 e. The second-order valence-electron chi connectivity index (χ2n) is 4.14. The first-order chi connectivity index (χ1) is 8.95. The molecule has 5 nitrogen and oxygen atoms in total. The maximum atomic E-state index is 13.7. The summed E-state index contributed by atoms with van der Waals surface area (Å²) in [7, 11) is -4.02. The predicted molar refractivity (Wildman–Crippen MR) is 71.6 cm³/mol. The minimum atomic E-state index is -4.02. The molecule has 19 heavy (non-hydrogen) atoms. The smallest absolute Gasteiger partial charge is 0.248 e. The highest BCUT2D eigenvalue weighted by molar-refractivity contribution is 7.89. The Labute approximate surface area is 112 Å². The van der Waals surface area contributed by atoms with Crippen molar-refractivity contribution in [2.75, 3.05) is 25.4 Å². The zero-order chi connectivity index (χ0) is 14.5. The number of halogens is 1. The molecule has 0 aliphatic rings. The fourth-order valence-corrected chi connectivity index (χ4v) is 3.35. The van der Waals surface area contributed by atoms with E-state index in [9.17, 15) is 12.8 Å². The Kier molecular flexibility index (Phi) is 5.71. The lowest BCUT2D eigenvalue weighted by molar-refractivity contribution is 0.252. The first-order valence-corrected chi connectivity index (χ1v) is 7.54. The van der Waals surface area contributed by atoms with Gasteiger partial charge in [0.15, 0.2) is 0 Å². The van der Waals surface area contributed by atoms with Crippen molar-refractivity contribution in [3.8, 4) is 0 Å². The molecule has 1 rings (SSSR count). The molecule has 3 N–H and O–H groups in total. The standard InChI is InChI=1S/C12H19FN2O3S/c1-2-3-7-15(8-9-16)19(17,18)12-10(13)5-4-6-11(12)14/h4-6,16H,2-3,7-9,14H2,1H3. The molecule has 0 unspecified atom stereocenters. The summed E-state index contributed by atoms with van der Waals surface area (Å²) in [5, 5.41) is 8.95. The van der Waals surface area contributed by atoms with Crippen molar-refractivity contribution >= 4 is 15.7 Å². The van der Waals surface area contributed by atoms with Crippen LogP contribution in [0.15, 0.2) is 23.1 Å². The van der Waals surface area contributed by atoms with Gasteiger partial charge in [0.05, 0.1) is 12.3 Å². The van der Waals surface area contributed by atoms with Crippen LogP contribution in [-0.2, 0) is 10.0 Å². The van der Waals surface area contributed by atoms with Crippen molar-refractivity contribution in [1.29, 1.82) is 0 Å². The van der Waals surface area contributed by atoms with Crippen LogP contribution in [0, 0.1) is 5.82 Å². The highest BCUT2D eigenvalue weighted by Gasteiger charge is 2.28. The van der Waals surface area contributed by atoms with Gasteiger partial charge in [0.1, 0.15) is 10.7 Å². The summed E-state index contributed by atoms with van der Waals surface area (Å²) >= 11 is 0. The monoisotopic (exact) mass is 290 g/mol. The summed E-state index contributed by atoms with van der Waals surface area (Å²) in [5.41, 5.74) is 5.44. The first kappa shape index (κ1) is 15.9. The van der Waals surface area contributed by atoms with Crippen LogP contribution in [0.3, 0.4) is 0 Å². The number of nitrogens with zero attached hydrogens (tertiary/aromatic N) is 1. The second-order valence-corrected chi connectivity index (χ2v) is 6.01. The van der Waals surface area contributed by atoms with Crippen LogP contribution >= 0.6 is 0 Å². The third-order valence-corrected chi connectivity index (χ3v) is 4.70. The molecule has 0 aliphatic heterocycles. The third-order valence-electron chi connectivity index (χ3n) is 2.71. The molecule has 0 aliphatic carbocycles. The average molecular weight is 290 g/mol. The van der Waals surface area contributed by atoms with Gasteiger partial charge >= 0.3 is 0 Å². The molecule has 0 spiro atoms. The van der Waals surface area contributed by atoms with Gasteiger partial charge in [0, 0.05) is 13.1 Å². The van der Waals surface area contributed by atoms with Crippen LogP contribution < -0.4 is 5.73 Å². The topological polar surface area (TPSA) is 83.6 Å². The fraction of sp³-hybridized carbons (Fsp3) is 0.500. The van der Waals surface area contributed by atoms with E-state index in [1.165, 1.54) is 12.1 Å². The van der Waals surface area contributed by atoms with E-state index in [4.69, 9.17) is 10.8 Å². The molecule has 108 valence electrons. The number of anilines is 1. The van der Waals surface area contributed by atoms with E-state index in [1.807, 2.05) is 6.92 Å². The molecule has 0 radical (unpaired) electrons. The highest BCUT2D eigenvalue weighted by atomic mass is 32.2. The number of unbranched alkanes of at least 4 members (excludes halogenated alkanes) is 1. The largest absolute Gasteiger partial charge is 0.398 e. The molecule has 0 amide bonds. The molecule has 7 heteroatoms. The summed E-state index contributed by atoms with van der Waals surface area (Å²) in [6, 6.07) is 3.75. The molecular weight excluding hydrogens is 271 g/mol. The summed E-state index contributed by atoms with van der Waals surface area (Å²) in [6.45, 7) is 1.75. The van der Waals surface area contributed by atoms with Crippen LogP contribution in [0.25, 0.3) is 0 Å². The van der Waals surface area contributed by atoms with Crippen molar-refractivity contribution < 1.29 is 17.9 Å². The molecular formula is C12H19FN2O3S. The highest BCUT2D eigenvalue weighted by Crippen LogP contribution is 2.25. The van der Waals surface area contributed by atoms with Crippen LogP contribution in [0.5, 0.6) is 0 Å². The van der Waals surface area contributed by atoms with Crippen molar-refractivity contribution in [2.45, 2.75) is 24.7 Å². The van der Waals surface area contributed by atoms with Gasteiger partial charge in [-0.15, -0.1) is 0 Å². The van der Waals surface area contributed by atoms with E-state index in [2.05, 4.69) is 0 Å². The van der Waals surface area contributed by atoms with E-state index < -0.39 is 20.7 Å². The third kappa shape index (κ3) is 3.65. The number of nitrogen functional groups attached to an aromatic ring is 1. The Morgan fingerprint density at radius 1 is 1.37 bits per heavy atom. The Hall–Kier alpha value is -1.18. The molecule has 1 aromatic carbocycles. The lowest BCUT2D eigenvalue weighted by Gasteiger charge is -2.22. The summed E-state index contributed by atoms with van der Waals surface area (Å²) in [5.74, 6) is -0.876. The zero-order valence-electron chi connectivity index (χ0n) is 10.8. The molecule has 0 bridgehead atoms. The lowest BCUT2D eigenvalue weighted by Crippen LogP contribution is -2.35. The number of benzene rings is 1. The minimum absolute atomic E-state index is 0.0733. The molecule has 0 atom stereocenters. The van der Waals surface area contributed by atoms with Crippen LogP contribution in [-0.4, -0.2) is 37.5 Å². The van der Waals surface area contributed by atoms with Crippen molar-refractivity contribution in [1.82, 2.24) is 4.31 Å². The number of rotatable bonds is 7. The molecule has 1 aromatic rings. The number of sulfonamides is 1. The SMILES string of the molecule is CCCCN(CCO)S(=O)(=O)c1c(N)cccc1F. The lowest BCUT2D eigenvalue weighted by atomic mass is 10.3. The van der Waals surface area contributed by atoms with Gasteiger partial charge in [-0.1, -0.05) is 19.4 Å². The summed E-state index contributed by atoms with van der Waals surface area (Å²) < 4.78 is 39.5. The Morgan fingerprint density at radius 2 is 2.05 bits per heavy atom. The van der Waals surface area contributed by atoms with Gasteiger partial charge in [0.25, 0.3) is 0 Å². The fourth-order valence-electron chi connectivity index (χ4n) is 1.72. The Morgan fingerprint density at radius 3 is 2.58 bits per heavy atom. The summed E-state index contributed by atoms with van der Waals surface area (Å²) in [6.07, 6.45) is 1.43. The second kappa shape index (κ2) is 6.83. The maximum Gasteiger partial charge on any atom is 0.248 e. The van der Waals surface area contributed by atoms with Gasteiger partial charge < -0.3 is 10.8 Å². The van der Waals surface area contributed by atoms with E-state index in [0.717, 1.165) is 16.8 Å². The van der Waals surface area contributed by atoms with Gasteiger partial charge in [0.2, 0.25) is 10.0 Å². The molecule has 0 heterocycles. The Bertz CT molecular complexity index is 499. The quantitative estimate of drug-likeness (QED) is 0.739. The number of aliphatic hydroxyl groups excluding tert-OH is 1. The molecule has 0 saturated heterocycles. The summed E-state index contributed by atoms with van der Waals surface area (Å²) in [4.78, 5) is -0.514. The zero-order valence-corrected chi connectivity index (χ0v) is 11.7. The Balaban J connectivity index is 3.19. The molecule has 0 aromatic heterocycles. The van der Waals surface area contributed by atoms with Crippen molar-refractivity contribution in [2.24, 2.45) is 0 Å². The van der Waals surface area contributed by atoms with Crippen LogP contribution in [0.2, 0.25) is 0 Å². The molecule has 0 fully saturated rings. The number of aliphatic hydroxyl groups is 1.